The summed E-state index contributed by atoms with van der Waals surface area (Å²) in [6.07, 6.45) is 1.18. The molecule has 1 aliphatic heterocycles. The molecule has 0 bridgehead atoms. The van der Waals surface area contributed by atoms with Crippen LogP contribution in [-0.4, -0.2) is 27.8 Å². The van der Waals surface area contributed by atoms with E-state index in [9.17, 15) is 8.42 Å². The first-order valence-electron chi connectivity index (χ1n) is 5.84. The molecule has 1 aromatic carbocycles. The summed E-state index contributed by atoms with van der Waals surface area (Å²) in [4.78, 5) is 0. The lowest BCUT2D eigenvalue weighted by Gasteiger charge is -2.09. The minimum atomic E-state index is -3.09. The first-order valence-corrected chi connectivity index (χ1v) is 7.73. The van der Waals surface area contributed by atoms with Gasteiger partial charge in [-0.1, -0.05) is 32.0 Å². The van der Waals surface area contributed by atoms with Gasteiger partial charge >= 0.3 is 0 Å². The highest BCUT2D eigenvalue weighted by Gasteiger charge is 2.21. The third kappa shape index (κ3) is 4.02. The number of rotatable bonds is 3. The zero-order valence-corrected chi connectivity index (χ0v) is 11.3. The monoisotopic (exact) mass is 256 g/mol. The number of nitrogens with one attached hydrogen (secondary N) is 2. The second kappa shape index (κ2) is 6.02. The maximum absolute atomic E-state index is 11.0. The second-order valence-electron chi connectivity index (χ2n) is 3.79. The maximum Gasteiger partial charge on any atom is 0.208 e. The van der Waals surface area contributed by atoms with Crippen molar-refractivity contribution in [2.24, 2.45) is 0 Å². The summed E-state index contributed by atoms with van der Waals surface area (Å²) in [5.74, 6) is 0.232. The van der Waals surface area contributed by atoms with Crippen LogP contribution in [0.4, 0.5) is 5.69 Å². The van der Waals surface area contributed by atoms with E-state index in [1.807, 2.05) is 38.1 Å². The molecule has 0 saturated carbocycles. The molecule has 0 saturated heterocycles. The molecule has 0 aromatic heterocycles. The fourth-order valence-corrected chi connectivity index (χ4v) is 2.30. The van der Waals surface area contributed by atoms with E-state index in [1.54, 1.807) is 0 Å². The molecule has 17 heavy (non-hydrogen) atoms. The lowest BCUT2D eigenvalue weighted by Crippen LogP contribution is -2.28. The van der Waals surface area contributed by atoms with Gasteiger partial charge in [-0.2, -0.15) is 0 Å². The topological polar surface area (TPSA) is 58.2 Å². The van der Waals surface area contributed by atoms with Crippen molar-refractivity contribution in [3.8, 4) is 0 Å². The van der Waals surface area contributed by atoms with Gasteiger partial charge in [-0.05, 0) is 11.6 Å². The van der Waals surface area contributed by atoms with E-state index < -0.39 is 10.0 Å². The molecule has 1 unspecified atom stereocenters. The van der Waals surface area contributed by atoms with Crippen LogP contribution < -0.4 is 10.0 Å². The molecule has 4 nitrogen and oxygen atoms in total. The molecule has 0 radical (unpaired) electrons. The zero-order chi connectivity index (χ0) is 12.9. The molecule has 1 aliphatic rings. The Balaban J connectivity index is 0.000000686. The largest absolute Gasteiger partial charge is 0.384 e. The van der Waals surface area contributed by atoms with E-state index in [-0.39, 0.29) is 5.92 Å². The van der Waals surface area contributed by atoms with Gasteiger partial charge in [0.2, 0.25) is 10.0 Å². The normalized spacial score (nSPS) is 17.7. The Hall–Kier alpha value is -1.07. The molecule has 5 heteroatoms. The molecule has 1 atom stereocenters. The van der Waals surface area contributed by atoms with Crippen molar-refractivity contribution in [1.82, 2.24) is 4.72 Å². The number of hydrogen-bond donors (Lipinski definition) is 2. The molecular formula is C12H20N2O2S. The van der Waals surface area contributed by atoms with E-state index >= 15 is 0 Å². The molecule has 0 fully saturated rings. The highest BCUT2D eigenvalue weighted by Crippen LogP contribution is 2.30. The first kappa shape index (κ1) is 14.0. The third-order valence-corrected chi connectivity index (χ3v) is 3.22. The third-order valence-electron chi connectivity index (χ3n) is 2.53. The minimum absolute atomic E-state index is 0.232. The number of benzene rings is 1. The lowest BCUT2D eigenvalue weighted by atomic mass is 10.0. The van der Waals surface area contributed by atoms with Crippen LogP contribution in [0.5, 0.6) is 0 Å². The molecule has 0 aliphatic carbocycles. The maximum atomic E-state index is 11.0. The van der Waals surface area contributed by atoms with Crippen molar-refractivity contribution < 1.29 is 8.42 Å². The van der Waals surface area contributed by atoms with Gasteiger partial charge in [-0.15, -0.1) is 0 Å². The van der Waals surface area contributed by atoms with Gasteiger partial charge in [-0.3, -0.25) is 0 Å². The van der Waals surface area contributed by atoms with Crippen molar-refractivity contribution in [2.75, 3.05) is 24.7 Å². The van der Waals surface area contributed by atoms with Crippen molar-refractivity contribution in [3.05, 3.63) is 29.8 Å². The number of para-hydroxylation sites is 1. The summed E-state index contributed by atoms with van der Waals surface area (Å²) in [5, 5.41) is 3.25. The van der Waals surface area contributed by atoms with Crippen LogP contribution in [0.3, 0.4) is 0 Å². The smallest absolute Gasteiger partial charge is 0.208 e. The van der Waals surface area contributed by atoms with Crippen LogP contribution >= 0.6 is 0 Å². The Morgan fingerprint density at radius 2 is 2.00 bits per heavy atom. The highest BCUT2D eigenvalue weighted by molar-refractivity contribution is 7.88. The molecule has 0 spiro atoms. The van der Waals surface area contributed by atoms with Crippen molar-refractivity contribution in [2.45, 2.75) is 19.8 Å². The van der Waals surface area contributed by atoms with Crippen LogP contribution in [-0.2, 0) is 10.0 Å². The Kier molecular flexibility index (Phi) is 4.96. The average molecular weight is 256 g/mol. The standard InChI is InChI=1S/C10H14N2O2S.C2H6/c1-15(13,14)12-7-8-6-11-10-5-3-2-4-9(8)10;1-2/h2-5,8,11-12H,6-7H2,1H3;1-2H3. The fraction of sp³-hybridized carbons (Fsp3) is 0.500. The number of fused-ring (bicyclic) bond motifs is 1. The number of anilines is 1. The van der Waals surface area contributed by atoms with E-state index in [1.165, 1.54) is 11.8 Å². The SMILES string of the molecule is CC.CS(=O)(=O)NCC1CNc2ccccc21. The van der Waals surface area contributed by atoms with Gasteiger partial charge in [0, 0.05) is 24.7 Å². The zero-order valence-electron chi connectivity index (χ0n) is 10.5. The first-order chi connectivity index (χ1) is 8.06. The predicted molar refractivity (Wildman–Crippen MR) is 71.9 cm³/mol. The Bertz CT molecular complexity index is 457. The molecule has 0 amide bonds. The quantitative estimate of drug-likeness (QED) is 0.866. The van der Waals surface area contributed by atoms with Gasteiger partial charge in [-0.25, -0.2) is 13.1 Å². The summed E-state index contributed by atoms with van der Waals surface area (Å²) in [6, 6.07) is 7.98. The summed E-state index contributed by atoms with van der Waals surface area (Å²) in [7, 11) is -3.09. The molecule has 2 rings (SSSR count). The van der Waals surface area contributed by atoms with Gasteiger partial charge < -0.3 is 5.32 Å². The molecule has 1 aromatic rings. The summed E-state index contributed by atoms with van der Waals surface area (Å²) >= 11 is 0. The van der Waals surface area contributed by atoms with Crippen LogP contribution in [0, 0.1) is 0 Å². The van der Waals surface area contributed by atoms with Crippen LogP contribution in [0.15, 0.2) is 24.3 Å². The number of sulfonamides is 1. The van der Waals surface area contributed by atoms with E-state index in [0.29, 0.717) is 6.54 Å². The van der Waals surface area contributed by atoms with Gasteiger partial charge in [0.1, 0.15) is 0 Å². The lowest BCUT2D eigenvalue weighted by molar-refractivity contribution is 0.581. The fourth-order valence-electron chi connectivity index (χ4n) is 1.79. The molecule has 2 N–H and O–H groups in total. The summed E-state index contributed by atoms with van der Waals surface area (Å²) in [6.45, 7) is 5.25. The van der Waals surface area contributed by atoms with Gasteiger partial charge in [0.05, 0.1) is 6.26 Å². The van der Waals surface area contributed by atoms with E-state index in [0.717, 1.165) is 12.2 Å². The molecule has 1 heterocycles. The van der Waals surface area contributed by atoms with Crippen molar-refractivity contribution >= 4 is 15.7 Å². The predicted octanol–water partition coefficient (Wildman–Crippen LogP) is 1.77. The van der Waals surface area contributed by atoms with Gasteiger partial charge in [0.25, 0.3) is 0 Å². The van der Waals surface area contributed by atoms with Crippen LogP contribution in [0.1, 0.15) is 25.3 Å². The summed E-state index contributed by atoms with van der Waals surface area (Å²) in [5.41, 5.74) is 2.30. The molecule has 96 valence electrons. The van der Waals surface area contributed by atoms with E-state index in [4.69, 9.17) is 0 Å². The van der Waals surface area contributed by atoms with Gasteiger partial charge in [0.15, 0.2) is 0 Å². The number of hydrogen-bond acceptors (Lipinski definition) is 3. The van der Waals surface area contributed by atoms with Crippen LogP contribution in [0.2, 0.25) is 0 Å². The minimum Gasteiger partial charge on any atom is -0.384 e. The van der Waals surface area contributed by atoms with E-state index in [2.05, 4.69) is 10.0 Å². The average Bonchev–Trinajstić information content (AvgIpc) is 2.71. The summed E-state index contributed by atoms with van der Waals surface area (Å²) < 4.78 is 24.5. The Labute approximate surface area is 103 Å². The van der Waals surface area contributed by atoms with Crippen LogP contribution in [0.25, 0.3) is 0 Å². The Morgan fingerprint density at radius 1 is 1.35 bits per heavy atom. The van der Waals surface area contributed by atoms with Crippen molar-refractivity contribution in [3.63, 3.8) is 0 Å². The van der Waals surface area contributed by atoms with Crippen molar-refractivity contribution in [1.29, 1.82) is 0 Å². The second-order valence-corrected chi connectivity index (χ2v) is 5.62. The Morgan fingerprint density at radius 3 is 2.65 bits per heavy atom. The highest BCUT2D eigenvalue weighted by atomic mass is 32.2. The molecular weight excluding hydrogens is 236 g/mol.